The number of nitrogens with zero attached hydrogens (tertiary/aromatic N) is 2. The Morgan fingerprint density at radius 1 is 1.03 bits per heavy atom. The van der Waals surface area contributed by atoms with Crippen molar-refractivity contribution >= 4 is 33.2 Å². The summed E-state index contributed by atoms with van der Waals surface area (Å²) in [7, 11) is -3.60. The lowest BCUT2D eigenvalue weighted by molar-refractivity contribution is -0.117. The quantitative estimate of drug-likeness (QED) is 0.766. The first-order valence-electron chi connectivity index (χ1n) is 10.3. The van der Waals surface area contributed by atoms with Gasteiger partial charge in [0.1, 0.15) is 0 Å². The summed E-state index contributed by atoms with van der Waals surface area (Å²) < 4.78 is 32.0. The molecule has 1 N–H and O–H groups in total. The number of carbonyl (C=O) groups is 2. The van der Waals surface area contributed by atoms with E-state index < -0.39 is 10.0 Å². The fraction of sp³-hybridized carbons (Fsp3) is 0.364. The molecular weight excluding hydrogens is 418 g/mol. The van der Waals surface area contributed by atoms with E-state index in [2.05, 4.69) is 5.32 Å². The number of morpholine rings is 1. The molecule has 2 aromatic carbocycles. The topological polar surface area (TPSA) is 96.0 Å². The van der Waals surface area contributed by atoms with E-state index in [1.807, 2.05) is 19.1 Å². The van der Waals surface area contributed by atoms with Crippen LogP contribution in [0.4, 0.5) is 11.4 Å². The fourth-order valence-electron chi connectivity index (χ4n) is 3.86. The van der Waals surface area contributed by atoms with Gasteiger partial charge in [-0.25, -0.2) is 8.42 Å². The van der Waals surface area contributed by atoms with Gasteiger partial charge in [-0.2, -0.15) is 4.31 Å². The van der Waals surface area contributed by atoms with Gasteiger partial charge in [0, 0.05) is 43.0 Å². The van der Waals surface area contributed by atoms with Gasteiger partial charge in [0.2, 0.25) is 15.9 Å². The van der Waals surface area contributed by atoms with Crippen LogP contribution in [0, 0.1) is 6.92 Å². The maximum absolute atomic E-state index is 12.7. The minimum atomic E-state index is -3.60. The molecule has 164 valence electrons. The highest BCUT2D eigenvalue weighted by molar-refractivity contribution is 7.89. The summed E-state index contributed by atoms with van der Waals surface area (Å²) in [4.78, 5) is 26.5. The van der Waals surface area contributed by atoms with E-state index in [9.17, 15) is 18.0 Å². The molecule has 31 heavy (non-hydrogen) atoms. The highest BCUT2D eigenvalue weighted by atomic mass is 32.2. The molecular formula is C22H25N3O5S. The number of hydrogen-bond acceptors (Lipinski definition) is 5. The zero-order chi connectivity index (χ0) is 22.0. The average molecular weight is 444 g/mol. The molecule has 2 aromatic rings. The van der Waals surface area contributed by atoms with Crippen LogP contribution in [0.25, 0.3) is 0 Å². The molecule has 2 saturated heterocycles. The van der Waals surface area contributed by atoms with Crippen LogP contribution in [0.3, 0.4) is 0 Å². The highest BCUT2D eigenvalue weighted by Gasteiger charge is 2.26. The zero-order valence-electron chi connectivity index (χ0n) is 17.3. The first kappa shape index (κ1) is 21.5. The monoisotopic (exact) mass is 443 g/mol. The Morgan fingerprint density at radius 2 is 1.74 bits per heavy atom. The molecule has 2 amide bonds. The number of rotatable bonds is 5. The summed E-state index contributed by atoms with van der Waals surface area (Å²) in [6.45, 7) is 4.02. The molecule has 4 rings (SSSR count). The normalized spacial score (nSPS) is 17.7. The van der Waals surface area contributed by atoms with Gasteiger partial charge in [0.25, 0.3) is 5.91 Å². The number of aryl methyl sites for hydroxylation is 1. The third-order valence-corrected chi connectivity index (χ3v) is 7.46. The van der Waals surface area contributed by atoms with Crippen molar-refractivity contribution in [2.75, 3.05) is 43.1 Å². The number of carbonyl (C=O) groups excluding carboxylic acids is 2. The predicted molar refractivity (Wildman–Crippen MR) is 117 cm³/mol. The van der Waals surface area contributed by atoms with Crippen LogP contribution in [0.5, 0.6) is 0 Å². The number of hydrogen-bond donors (Lipinski definition) is 1. The number of benzene rings is 2. The molecule has 0 radical (unpaired) electrons. The molecule has 0 saturated carbocycles. The third kappa shape index (κ3) is 4.48. The van der Waals surface area contributed by atoms with Crippen molar-refractivity contribution in [3.05, 3.63) is 53.6 Å². The summed E-state index contributed by atoms with van der Waals surface area (Å²) in [5.41, 5.74) is 2.73. The second-order valence-corrected chi connectivity index (χ2v) is 9.58. The summed E-state index contributed by atoms with van der Waals surface area (Å²) >= 11 is 0. The van der Waals surface area contributed by atoms with E-state index in [1.54, 1.807) is 11.0 Å². The van der Waals surface area contributed by atoms with Crippen molar-refractivity contribution in [2.24, 2.45) is 0 Å². The van der Waals surface area contributed by atoms with E-state index >= 15 is 0 Å². The third-order valence-electron chi connectivity index (χ3n) is 5.54. The zero-order valence-corrected chi connectivity index (χ0v) is 18.2. The molecule has 0 spiro atoms. The maximum atomic E-state index is 12.7. The van der Waals surface area contributed by atoms with Crippen molar-refractivity contribution in [2.45, 2.75) is 24.7 Å². The molecule has 2 fully saturated rings. The Hall–Kier alpha value is -2.75. The van der Waals surface area contributed by atoms with E-state index in [-0.39, 0.29) is 16.7 Å². The Balaban J connectivity index is 1.45. The van der Waals surface area contributed by atoms with Crippen molar-refractivity contribution < 1.29 is 22.7 Å². The molecule has 0 aliphatic carbocycles. The van der Waals surface area contributed by atoms with Gasteiger partial charge in [-0.3, -0.25) is 9.59 Å². The van der Waals surface area contributed by atoms with Gasteiger partial charge in [-0.1, -0.05) is 0 Å². The fourth-order valence-corrected chi connectivity index (χ4v) is 5.26. The van der Waals surface area contributed by atoms with Gasteiger partial charge in [0.15, 0.2) is 0 Å². The molecule has 2 heterocycles. The van der Waals surface area contributed by atoms with Crippen LogP contribution in [0.2, 0.25) is 0 Å². The molecule has 0 atom stereocenters. The summed E-state index contributed by atoms with van der Waals surface area (Å²) in [5, 5.41) is 2.83. The largest absolute Gasteiger partial charge is 0.379 e. The van der Waals surface area contributed by atoms with Crippen LogP contribution in [-0.4, -0.2) is 57.4 Å². The summed E-state index contributed by atoms with van der Waals surface area (Å²) in [6, 6.07) is 11.4. The maximum Gasteiger partial charge on any atom is 0.255 e. The Bertz CT molecular complexity index is 1090. The minimum absolute atomic E-state index is 0.118. The highest BCUT2D eigenvalue weighted by Crippen LogP contribution is 2.27. The Labute approximate surface area is 181 Å². The number of nitrogens with one attached hydrogen (secondary N) is 1. The molecule has 2 aliphatic heterocycles. The van der Waals surface area contributed by atoms with Crippen LogP contribution in [-0.2, 0) is 19.6 Å². The molecule has 2 aliphatic rings. The minimum Gasteiger partial charge on any atom is -0.379 e. The second-order valence-electron chi connectivity index (χ2n) is 7.65. The Morgan fingerprint density at radius 3 is 2.35 bits per heavy atom. The van der Waals surface area contributed by atoms with Crippen molar-refractivity contribution in [1.29, 1.82) is 0 Å². The second kappa shape index (κ2) is 8.78. The number of anilines is 2. The number of ether oxygens (including phenoxy) is 1. The SMILES string of the molecule is Cc1cc(NC(=O)c2ccc(S(=O)(=O)N3CCOCC3)cc2)ccc1N1CCCC1=O. The lowest BCUT2D eigenvalue weighted by Crippen LogP contribution is -2.40. The molecule has 9 heteroatoms. The van der Waals surface area contributed by atoms with E-state index in [4.69, 9.17) is 4.74 Å². The predicted octanol–water partition coefficient (Wildman–Crippen LogP) is 2.40. The van der Waals surface area contributed by atoms with Gasteiger partial charge in [-0.05, 0) is 61.4 Å². The first-order chi connectivity index (χ1) is 14.9. The van der Waals surface area contributed by atoms with Crippen LogP contribution >= 0.6 is 0 Å². The van der Waals surface area contributed by atoms with E-state index in [1.165, 1.54) is 28.6 Å². The number of sulfonamides is 1. The molecule has 0 bridgehead atoms. The lowest BCUT2D eigenvalue weighted by Gasteiger charge is -2.26. The standard InChI is InChI=1S/C22H25N3O5S/c1-16-15-18(6-9-20(16)25-10-2-3-21(25)26)23-22(27)17-4-7-19(8-5-17)31(28,29)24-11-13-30-14-12-24/h4-9,15H,2-3,10-14H2,1H3,(H,23,27). The molecule has 0 unspecified atom stereocenters. The lowest BCUT2D eigenvalue weighted by atomic mass is 10.1. The van der Waals surface area contributed by atoms with Crippen LogP contribution in [0.15, 0.2) is 47.4 Å². The number of amides is 2. The Kier molecular flexibility index (Phi) is 6.08. The average Bonchev–Trinajstić information content (AvgIpc) is 3.20. The summed E-state index contributed by atoms with van der Waals surface area (Å²) in [5.74, 6) is -0.216. The van der Waals surface area contributed by atoms with E-state index in [0.717, 1.165) is 17.7 Å². The van der Waals surface area contributed by atoms with Crippen molar-refractivity contribution in [3.8, 4) is 0 Å². The van der Waals surface area contributed by atoms with Crippen LogP contribution < -0.4 is 10.2 Å². The van der Waals surface area contributed by atoms with Crippen LogP contribution in [0.1, 0.15) is 28.8 Å². The smallest absolute Gasteiger partial charge is 0.255 e. The molecule has 0 aromatic heterocycles. The van der Waals surface area contributed by atoms with E-state index in [0.29, 0.717) is 50.5 Å². The van der Waals surface area contributed by atoms with Crippen molar-refractivity contribution in [3.63, 3.8) is 0 Å². The molecule has 8 nitrogen and oxygen atoms in total. The van der Waals surface area contributed by atoms with Gasteiger partial charge in [0.05, 0.1) is 18.1 Å². The van der Waals surface area contributed by atoms with Crippen molar-refractivity contribution in [1.82, 2.24) is 4.31 Å². The first-order valence-corrected chi connectivity index (χ1v) is 11.7. The van der Waals surface area contributed by atoms with Gasteiger partial charge in [-0.15, -0.1) is 0 Å². The van der Waals surface area contributed by atoms with Gasteiger partial charge < -0.3 is 15.0 Å². The van der Waals surface area contributed by atoms with Gasteiger partial charge >= 0.3 is 0 Å². The summed E-state index contributed by atoms with van der Waals surface area (Å²) in [6.07, 6.45) is 1.42.